The minimum absolute atomic E-state index is 0.0233. The van der Waals surface area contributed by atoms with Crippen LogP contribution in [-0.2, 0) is 11.4 Å². The van der Waals surface area contributed by atoms with Crippen LogP contribution in [0.5, 0.6) is 11.5 Å². The van der Waals surface area contributed by atoms with Crippen molar-refractivity contribution in [1.82, 2.24) is 10.7 Å². The first-order chi connectivity index (χ1) is 18.6. The molecule has 2 N–H and O–H groups in total. The molecule has 7 heteroatoms. The largest absolute Gasteiger partial charge is 0.493 e. The molecule has 4 rings (SSSR count). The highest BCUT2D eigenvalue weighted by molar-refractivity contribution is 5.94. The third-order valence-electron chi connectivity index (χ3n) is 5.76. The number of amides is 2. The van der Waals surface area contributed by atoms with E-state index in [0.29, 0.717) is 23.7 Å². The summed E-state index contributed by atoms with van der Waals surface area (Å²) in [5.74, 6) is 0.581. The zero-order valence-corrected chi connectivity index (χ0v) is 21.0. The Hall–Kier alpha value is -4.91. The van der Waals surface area contributed by atoms with Gasteiger partial charge in [-0.3, -0.25) is 9.59 Å². The number of rotatable bonds is 11. The van der Waals surface area contributed by atoms with E-state index in [-0.39, 0.29) is 18.2 Å². The molecule has 0 aliphatic carbocycles. The van der Waals surface area contributed by atoms with Crippen LogP contribution in [0.4, 0.5) is 0 Å². The molecule has 1 atom stereocenters. The van der Waals surface area contributed by atoms with E-state index in [1.54, 1.807) is 43.5 Å². The minimum Gasteiger partial charge on any atom is -0.493 e. The van der Waals surface area contributed by atoms with Crippen LogP contribution in [-0.4, -0.2) is 25.1 Å². The molecule has 2 amide bonds. The summed E-state index contributed by atoms with van der Waals surface area (Å²) in [6, 6.07) is 33.0. The van der Waals surface area contributed by atoms with Crippen molar-refractivity contribution in [2.45, 2.75) is 19.1 Å². The molecular weight excluding hydrogens is 478 g/mol. The van der Waals surface area contributed by atoms with Crippen LogP contribution < -0.4 is 20.2 Å². The summed E-state index contributed by atoms with van der Waals surface area (Å²) >= 11 is 0. The zero-order chi connectivity index (χ0) is 26.6. The lowest BCUT2D eigenvalue weighted by atomic mass is 10.0. The fourth-order valence-corrected chi connectivity index (χ4v) is 3.80. The number of carbonyl (C=O) groups is 2. The predicted octanol–water partition coefficient (Wildman–Crippen LogP) is 5.29. The molecule has 0 fully saturated rings. The first-order valence-electron chi connectivity index (χ1n) is 12.2. The number of hydrazone groups is 1. The Balaban J connectivity index is 1.36. The molecule has 0 aliphatic rings. The molecule has 0 aromatic heterocycles. The van der Waals surface area contributed by atoms with Crippen LogP contribution >= 0.6 is 0 Å². The van der Waals surface area contributed by atoms with Gasteiger partial charge < -0.3 is 14.8 Å². The van der Waals surface area contributed by atoms with Gasteiger partial charge in [-0.25, -0.2) is 5.43 Å². The van der Waals surface area contributed by atoms with Crippen LogP contribution in [0.15, 0.2) is 114 Å². The van der Waals surface area contributed by atoms with E-state index in [1.165, 1.54) is 6.21 Å². The van der Waals surface area contributed by atoms with Gasteiger partial charge in [0.05, 0.1) is 25.8 Å². The van der Waals surface area contributed by atoms with Gasteiger partial charge in [0.1, 0.15) is 6.61 Å². The average Bonchev–Trinajstić information content (AvgIpc) is 2.97. The molecule has 0 saturated heterocycles. The molecule has 0 radical (unpaired) electrons. The molecule has 0 heterocycles. The van der Waals surface area contributed by atoms with Gasteiger partial charge in [0.2, 0.25) is 5.91 Å². The van der Waals surface area contributed by atoms with E-state index < -0.39 is 6.04 Å². The molecule has 0 aliphatic heterocycles. The maximum Gasteiger partial charge on any atom is 0.251 e. The third kappa shape index (κ3) is 7.54. The van der Waals surface area contributed by atoms with Crippen LogP contribution in [0.25, 0.3) is 0 Å². The predicted molar refractivity (Wildman–Crippen MR) is 147 cm³/mol. The number of nitrogens with zero attached hydrogens (tertiary/aromatic N) is 1. The van der Waals surface area contributed by atoms with Gasteiger partial charge in [-0.05, 0) is 47.0 Å². The summed E-state index contributed by atoms with van der Waals surface area (Å²) in [6.45, 7) is 0.421. The number of methoxy groups -OCH3 is 1. The van der Waals surface area contributed by atoms with Crippen molar-refractivity contribution in [3.05, 3.63) is 131 Å². The molecule has 7 nitrogen and oxygen atoms in total. The van der Waals surface area contributed by atoms with E-state index in [9.17, 15) is 9.59 Å². The molecule has 0 unspecified atom stereocenters. The van der Waals surface area contributed by atoms with Gasteiger partial charge in [-0.1, -0.05) is 78.9 Å². The normalized spacial score (nSPS) is 11.5. The number of nitrogens with one attached hydrogen (secondary N) is 2. The van der Waals surface area contributed by atoms with Gasteiger partial charge >= 0.3 is 0 Å². The van der Waals surface area contributed by atoms with E-state index in [4.69, 9.17) is 9.47 Å². The van der Waals surface area contributed by atoms with Gasteiger partial charge in [0.15, 0.2) is 11.5 Å². The minimum atomic E-state index is -0.514. The second-order valence-electron chi connectivity index (χ2n) is 8.48. The number of carbonyl (C=O) groups excluding carboxylic acids is 2. The van der Waals surface area contributed by atoms with Crippen molar-refractivity contribution in [2.24, 2.45) is 5.10 Å². The van der Waals surface area contributed by atoms with Crippen LogP contribution in [0.3, 0.4) is 0 Å². The average molecular weight is 508 g/mol. The fourth-order valence-electron chi connectivity index (χ4n) is 3.80. The SMILES string of the molecule is COc1cc(/C=N\NC(=O)C[C@@H](NC(=O)c2ccccc2)c2ccccc2)ccc1OCc1ccccc1. The maximum atomic E-state index is 12.7. The smallest absolute Gasteiger partial charge is 0.251 e. The summed E-state index contributed by atoms with van der Waals surface area (Å²) in [5, 5.41) is 7.04. The highest BCUT2D eigenvalue weighted by atomic mass is 16.5. The molecule has 0 saturated carbocycles. The van der Waals surface area contributed by atoms with Gasteiger partial charge in [0, 0.05) is 5.56 Å². The van der Waals surface area contributed by atoms with E-state index in [0.717, 1.165) is 16.7 Å². The van der Waals surface area contributed by atoms with Gasteiger partial charge in [-0.2, -0.15) is 5.10 Å². The topological polar surface area (TPSA) is 89.0 Å². The third-order valence-corrected chi connectivity index (χ3v) is 5.76. The van der Waals surface area contributed by atoms with Crippen molar-refractivity contribution >= 4 is 18.0 Å². The Labute approximate surface area is 222 Å². The molecule has 0 spiro atoms. The van der Waals surface area contributed by atoms with Crippen molar-refractivity contribution in [2.75, 3.05) is 7.11 Å². The van der Waals surface area contributed by atoms with Crippen LogP contribution in [0.2, 0.25) is 0 Å². The fraction of sp³-hybridized carbons (Fsp3) is 0.129. The number of ether oxygens (including phenoxy) is 2. The Morgan fingerprint density at radius 3 is 2.18 bits per heavy atom. The second kappa shape index (κ2) is 13.4. The van der Waals surface area contributed by atoms with Gasteiger partial charge in [0.25, 0.3) is 5.91 Å². The Morgan fingerprint density at radius 1 is 0.842 bits per heavy atom. The Bertz CT molecular complexity index is 1360. The second-order valence-corrected chi connectivity index (χ2v) is 8.48. The summed E-state index contributed by atoms with van der Waals surface area (Å²) in [4.78, 5) is 25.4. The summed E-state index contributed by atoms with van der Waals surface area (Å²) in [6.07, 6.45) is 1.55. The Kier molecular flexibility index (Phi) is 9.23. The maximum absolute atomic E-state index is 12.7. The van der Waals surface area contributed by atoms with E-state index >= 15 is 0 Å². The number of benzene rings is 4. The van der Waals surface area contributed by atoms with E-state index in [1.807, 2.05) is 72.8 Å². The van der Waals surface area contributed by atoms with Crippen molar-refractivity contribution < 1.29 is 19.1 Å². The lowest BCUT2D eigenvalue weighted by Crippen LogP contribution is -2.32. The van der Waals surface area contributed by atoms with Crippen LogP contribution in [0.1, 0.15) is 39.5 Å². The quantitative estimate of drug-likeness (QED) is 0.213. The Morgan fingerprint density at radius 2 is 1.50 bits per heavy atom. The molecular formula is C31H29N3O4. The first kappa shape index (κ1) is 26.2. The summed E-state index contributed by atoms with van der Waals surface area (Å²) < 4.78 is 11.4. The first-order valence-corrected chi connectivity index (χ1v) is 12.2. The lowest BCUT2D eigenvalue weighted by Gasteiger charge is -2.18. The lowest BCUT2D eigenvalue weighted by molar-refractivity contribution is -0.121. The zero-order valence-electron chi connectivity index (χ0n) is 21.0. The van der Waals surface area contributed by atoms with Crippen molar-refractivity contribution in [3.63, 3.8) is 0 Å². The summed E-state index contributed by atoms with van der Waals surface area (Å²) in [7, 11) is 1.57. The molecule has 192 valence electrons. The highest BCUT2D eigenvalue weighted by Crippen LogP contribution is 2.28. The number of hydrogen-bond donors (Lipinski definition) is 2. The molecule has 4 aromatic rings. The molecule has 4 aromatic carbocycles. The van der Waals surface area contributed by atoms with E-state index in [2.05, 4.69) is 15.8 Å². The standard InChI is InChI=1S/C31H29N3O4/c1-37-29-19-24(17-18-28(29)38-22-23-11-5-2-6-12-23)21-32-34-30(35)20-27(25-13-7-3-8-14-25)33-31(36)26-15-9-4-10-16-26/h2-19,21,27H,20,22H2,1H3,(H,33,36)(H,34,35)/b32-21-/t27-/m1/s1. The number of hydrogen-bond acceptors (Lipinski definition) is 5. The molecule has 38 heavy (non-hydrogen) atoms. The highest BCUT2D eigenvalue weighted by Gasteiger charge is 2.19. The summed E-state index contributed by atoms with van der Waals surface area (Å²) in [5.41, 5.74) is 5.68. The van der Waals surface area contributed by atoms with Crippen molar-refractivity contribution in [3.8, 4) is 11.5 Å². The van der Waals surface area contributed by atoms with Crippen molar-refractivity contribution in [1.29, 1.82) is 0 Å². The van der Waals surface area contributed by atoms with Crippen LogP contribution in [0, 0.1) is 0 Å². The molecule has 0 bridgehead atoms. The monoisotopic (exact) mass is 507 g/mol. The van der Waals surface area contributed by atoms with Gasteiger partial charge in [-0.15, -0.1) is 0 Å².